The molecule has 0 radical (unpaired) electrons. The molecule has 0 aromatic heterocycles. The van der Waals surface area contributed by atoms with Crippen LogP contribution in [0.3, 0.4) is 0 Å². The molecule has 0 aliphatic carbocycles. The fourth-order valence-electron chi connectivity index (χ4n) is 1.99. The minimum Gasteiger partial charge on any atom is -0.452 e. The number of rotatable bonds is 4. The fourth-order valence-corrected chi connectivity index (χ4v) is 1.99. The molecular formula is C17H14N2O3. The summed E-state index contributed by atoms with van der Waals surface area (Å²) in [6, 6.07) is 15.9. The first-order valence-electron chi connectivity index (χ1n) is 6.63. The Bertz CT molecular complexity index is 748. The molecule has 0 heterocycles. The normalized spacial score (nSPS) is 9.64. The van der Waals surface area contributed by atoms with Gasteiger partial charge in [-0.1, -0.05) is 36.4 Å². The number of nitrogens with one attached hydrogen (secondary N) is 1. The van der Waals surface area contributed by atoms with Crippen LogP contribution < -0.4 is 5.32 Å². The third kappa shape index (κ3) is 3.30. The van der Waals surface area contributed by atoms with Crippen LogP contribution in [0.2, 0.25) is 0 Å². The molecule has 0 bridgehead atoms. The lowest BCUT2D eigenvalue weighted by Gasteiger charge is -2.10. The van der Waals surface area contributed by atoms with Gasteiger partial charge in [0.15, 0.2) is 6.61 Å². The highest BCUT2D eigenvalue weighted by atomic mass is 16.5. The second-order valence-corrected chi connectivity index (χ2v) is 4.45. The van der Waals surface area contributed by atoms with E-state index in [4.69, 9.17) is 4.74 Å². The zero-order valence-electron chi connectivity index (χ0n) is 12.0. The molecule has 0 unspecified atom stereocenters. The van der Waals surface area contributed by atoms with Crippen LogP contribution in [-0.4, -0.2) is 25.5 Å². The first-order chi connectivity index (χ1) is 10.7. The van der Waals surface area contributed by atoms with E-state index in [1.165, 1.54) is 7.05 Å². The molecule has 110 valence electrons. The molecule has 1 amide bonds. The highest BCUT2D eigenvalue weighted by molar-refractivity contribution is 5.98. The third-order valence-corrected chi connectivity index (χ3v) is 3.10. The predicted octanol–water partition coefficient (Wildman–Crippen LogP) is 2.13. The molecule has 5 heteroatoms. The van der Waals surface area contributed by atoms with E-state index in [-0.39, 0.29) is 12.5 Å². The minimum absolute atomic E-state index is 0.314. The van der Waals surface area contributed by atoms with Crippen molar-refractivity contribution in [1.29, 1.82) is 5.26 Å². The Morgan fingerprint density at radius 1 is 1.09 bits per heavy atom. The van der Waals surface area contributed by atoms with Crippen LogP contribution >= 0.6 is 0 Å². The highest BCUT2D eigenvalue weighted by Gasteiger charge is 2.16. The van der Waals surface area contributed by atoms with Gasteiger partial charge in [0, 0.05) is 12.6 Å². The molecule has 22 heavy (non-hydrogen) atoms. The van der Waals surface area contributed by atoms with Crippen molar-refractivity contribution in [2.45, 2.75) is 0 Å². The van der Waals surface area contributed by atoms with Gasteiger partial charge in [-0.3, -0.25) is 4.79 Å². The number of hydrogen-bond acceptors (Lipinski definition) is 4. The summed E-state index contributed by atoms with van der Waals surface area (Å²) in [5.41, 5.74) is 2.03. The van der Waals surface area contributed by atoms with Crippen molar-refractivity contribution in [2.75, 3.05) is 13.7 Å². The second-order valence-electron chi connectivity index (χ2n) is 4.45. The first kappa shape index (κ1) is 15.3. The predicted molar refractivity (Wildman–Crippen MR) is 80.9 cm³/mol. The van der Waals surface area contributed by atoms with Gasteiger partial charge in [-0.15, -0.1) is 0 Å². The standard InChI is InChI=1S/C17H14N2O3/c1-19-16(20)11-22-17(21)15-9-5-4-8-14(15)13-7-3-2-6-12(13)10-18/h2-9H,11H2,1H3,(H,19,20). The van der Waals surface area contributed by atoms with Crippen LogP contribution in [0, 0.1) is 11.3 Å². The van der Waals surface area contributed by atoms with E-state index in [1.807, 2.05) is 0 Å². The van der Waals surface area contributed by atoms with Crippen LogP contribution in [0.15, 0.2) is 48.5 Å². The van der Waals surface area contributed by atoms with Crippen molar-refractivity contribution < 1.29 is 14.3 Å². The molecule has 0 aliphatic heterocycles. The van der Waals surface area contributed by atoms with Crippen molar-refractivity contribution in [3.05, 3.63) is 59.7 Å². The molecule has 0 spiro atoms. The smallest absolute Gasteiger partial charge is 0.339 e. The fraction of sp³-hybridized carbons (Fsp3) is 0.118. The van der Waals surface area contributed by atoms with Gasteiger partial charge in [0.05, 0.1) is 17.2 Å². The monoisotopic (exact) mass is 294 g/mol. The van der Waals surface area contributed by atoms with Gasteiger partial charge >= 0.3 is 5.97 Å². The summed E-state index contributed by atoms with van der Waals surface area (Å²) >= 11 is 0. The van der Waals surface area contributed by atoms with E-state index >= 15 is 0 Å². The van der Waals surface area contributed by atoms with E-state index in [0.717, 1.165) is 0 Å². The Hall–Kier alpha value is -3.13. The molecule has 2 aromatic rings. The number of likely N-dealkylation sites (N-methyl/N-ethyl adjacent to an activating group) is 1. The molecule has 2 rings (SSSR count). The third-order valence-electron chi connectivity index (χ3n) is 3.10. The summed E-state index contributed by atoms with van der Waals surface area (Å²) in [5, 5.41) is 11.6. The number of carbonyl (C=O) groups is 2. The topological polar surface area (TPSA) is 79.2 Å². The molecular weight excluding hydrogens is 280 g/mol. The Labute approximate surface area is 128 Å². The van der Waals surface area contributed by atoms with Gasteiger partial charge in [0.2, 0.25) is 0 Å². The Kier molecular flexibility index (Phi) is 4.89. The summed E-state index contributed by atoms with van der Waals surface area (Å²) in [4.78, 5) is 23.3. The van der Waals surface area contributed by atoms with Gasteiger partial charge < -0.3 is 10.1 Å². The summed E-state index contributed by atoms with van der Waals surface area (Å²) < 4.78 is 4.98. The summed E-state index contributed by atoms with van der Waals surface area (Å²) in [5.74, 6) is -0.991. The summed E-state index contributed by atoms with van der Waals surface area (Å²) in [6.07, 6.45) is 0. The van der Waals surface area contributed by atoms with Crippen molar-refractivity contribution >= 4 is 11.9 Å². The van der Waals surface area contributed by atoms with E-state index in [9.17, 15) is 14.9 Å². The lowest BCUT2D eigenvalue weighted by molar-refractivity contribution is -0.123. The minimum atomic E-state index is -0.605. The maximum atomic E-state index is 12.2. The van der Waals surface area contributed by atoms with Gasteiger partial charge in [-0.25, -0.2) is 4.79 Å². The highest BCUT2D eigenvalue weighted by Crippen LogP contribution is 2.27. The van der Waals surface area contributed by atoms with Crippen LogP contribution in [0.1, 0.15) is 15.9 Å². The maximum absolute atomic E-state index is 12.2. The molecule has 5 nitrogen and oxygen atoms in total. The number of nitrogens with zero attached hydrogens (tertiary/aromatic N) is 1. The molecule has 0 aliphatic rings. The first-order valence-corrected chi connectivity index (χ1v) is 6.63. The Balaban J connectivity index is 2.37. The number of hydrogen-bond donors (Lipinski definition) is 1. The Morgan fingerprint density at radius 2 is 1.73 bits per heavy atom. The van der Waals surface area contributed by atoms with Crippen LogP contribution in [-0.2, 0) is 9.53 Å². The zero-order chi connectivity index (χ0) is 15.9. The van der Waals surface area contributed by atoms with Crippen molar-refractivity contribution in [3.63, 3.8) is 0 Å². The van der Waals surface area contributed by atoms with Crippen molar-refractivity contribution in [1.82, 2.24) is 5.32 Å². The number of amides is 1. The largest absolute Gasteiger partial charge is 0.452 e. The number of carbonyl (C=O) groups excluding carboxylic acids is 2. The second kappa shape index (κ2) is 7.04. The number of ether oxygens (including phenoxy) is 1. The van der Waals surface area contributed by atoms with E-state index in [0.29, 0.717) is 22.3 Å². The average molecular weight is 294 g/mol. The number of benzene rings is 2. The Morgan fingerprint density at radius 3 is 2.41 bits per heavy atom. The summed E-state index contributed by atoms with van der Waals surface area (Å²) in [7, 11) is 1.47. The lowest BCUT2D eigenvalue weighted by atomic mass is 9.96. The molecule has 0 saturated heterocycles. The van der Waals surface area contributed by atoms with Crippen LogP contribution in [0.4, 0.5) is 0 Å². The van der Waals surface area contributed by atoms with Crippen LogP contribution in [0.5, 0.6) is 0 Å². The number of esters is 1. The molecule has 0 saturated carbocycles. The van der Waals surface area contributed by atoms with Crippen molar-refractivity contribution in [3.8, 4) is 17.2 Å². The van der Waals surface area contributed by atoms with Gasteiger partial charge in [0.25, 0.3) is 5.91 Å². The van der Waals surface area contributed by atoms with Gasteiger partial charge in [-0.05, 0) is 17.7 Å². The molecule has 1 N–H and O–H groups in total. The van der Waals surface area contributed by atoms with Crippen LogP contribution in [0.25, 0.3) is 11.1 Å². The zero-order valence-corrected chi connectivity index (χ0v) is 12.0. The lowest BCUT2D eigenvalue weighted by Crippen LogP contribution is -2.25. The SMILES string of the molecule is CNC(=O)COC(=O)c1ccccc1-c1ccccc1C#N. The molecule has 0 fully saturated rings. The summed E-state index contributed by atoms with van der Waals surface area (Å²) in [6.45, 7) is -0.344. The maximum Gasteiger partial charge on any atom is 0.339 e. The number of nitriles is 1. The van der Waals surface area contributed by atoms with Gasteiger partial charge in [0.1, 0.15) is 0 Å². The molecule has 0 atom stereocenters. The average Bonchev–Trinajstić information content (AvgIpc) is 2.59. The quantitative estimate of drug-likeness (QED) is 0.876. The van der Waals surface area contributed by atoms with E-state index in [1.54, 1.807) is 48.5 Å². The van der Waals surface area contributed by atoms with Gasteiger partial charge in [-0.2, -0.15) is 5.26 Å². The van der Waals surface area contributed by atoms with Crippen molar-refractivity contribution in [2.24, 2.45) is 0 Å². The van der Waals surface area contributed by atoms with E-state index in [2.05, 4.69) is 11.4 Å². The molecule has 2 aromatic carbocycles. The van der Waals surface area contributed by atoms with E-state index < -0.39 is 5.97 Å².